The van der Waals surface area contributed by atoms with E-state index in [9.17, 15) is 19.2 Å². The van der Waals surface area contributed by atoms with Crippen molar-refractivity contribution in [3.63, 3.8) is 0 Å². The lowest BCUT2D eigenvalue weighted by Crippen LogP contribution is -2.38. The highest BCUT2D eigenvalue weighted by atomic mass is 16.5. The maximum atomic E-state index is 12.5. The minimum atomic E-state index is -0.800. The molecule has 0 aliphatic carbocycles. The van der Waals surface area contributed by atoms with Crippen molar-refractivity contribution < 1.29 is 23.9 Å². The number of hydrogen-bond donors (Lipinski definition) is 2. The van der Waals surface area contributed by atoms with Gasteiger partial charge in [0.25, 0.3) is 5.91 Å². The number of carbonyl (C=O) groups excluding carboxylic acids is 4. The smallest absolute Gasteiger partial charge is 0.337 e. The molecule has 3 rings (SSSR count). The summed E-state index contributed by atoms with van der Waals surface area (Å²) in [5, 5.41) is 5.16. The highest BCUT2D eigenvalue weighted by Crippen LogP contribution is 2.21. The molecule has 1 atom stereocenters. The minimum absolute atomic E-state index is 0.343. The highest BCUT2D eigenvalue weighted by Gasteiger charge is 2.39. The van der Waals surface area contributed by atoms with Crippen LogP contribution in [0.5, 0.6) is 0 Å². The number of methoxy groups -OCH3 is 1. The van der Waals surface area contributed by atoms with Crippen LogP contribution in [0.1, 0.15) is 22.0 Å². The van der Waals surface area contributed by atoms with Gasteiger partial charge in [-0.25, -0.2) is 9.59 Å². The Hall–Kier alpha value is -3.68. The van der Waals surface area contributed by atoms with Crippen LogP contribution in [0.3, 0.4) is 0 Å². The van der Waals surface area contributed by atoms with Crippen LogP contribution in [0.2, 0.25) is 0 Å². The molecule has 0 saturated carbocycles. The molecule has 2 aromatic rings. The summed E-state index contributed by atoms with van der Waals surface area (Å²) in [4.78, 5) is 49.0. The first-order chi connectivity index (χ1) is 13.0. The zero-order chi connectivity index (χ0) is 19.4. The van der Waals surface area contributed by atoms with Gasteiger partial charge in [0.05, 0.1) is 12.7 Å². The molecule has 2 aromatic carbocycles. The van der Waals surface area contributed by atoms with Crippen LogP contribution in [0.4, 0.5) is 10.5 Å². The van der Waals surface area contributed by atoms with E-state index >= 15 is 0 Å². The second-order valence-corrected chi connectivity index (χ2v) is 5.83. The van der Waals surface area contributed by atoms with Gasteiger partial charge in [-0.15, -0.1) is 0 Å². The van der Waals surface area contributed by atoms with Gasteiger partial charge in [0.2, 0.25) is 5.91 Å². The maximum Gasteiger partial charge on any atom is 0.337 e. The molecule has 0 radical (unpaired) electrons. The van der Waals surface area contributed by atoms with E-state index in [1.165, 1.54) is 31.4 Å². The molecule has 4 amide bonds. The van der Waals surface area contributed by atoms with Gasteiger partial charge >= 0.3 is 12.0 Å². The van der Waals surface area contributed by atoms with Crippen LogP contribution in [0.25, 0.3) is 0 Å². The van der Waals surface area contributed by atoms with E-state index in [0.29, 0.717) is 16.8 Å². The predicted molar refractivity (Wildman–Crippen MR) is 95.8 cm³/mol. The Bertz CT molecular complexity index is 880. The fraction of sp³-hybridized carbons (Fsp3) is 0.158. The number of esters is 1. The molecule has 2 N–H and O–H groups in total. The molecule has 1 unspecified atom stereocenters. The largest absolute Gasteiger partial charge is 0.465 e. The lowest BCUT2D eigenvalue weighted by Gasteiger charge is -2.13. The normalized spacial score (nSPS) is 16.0. The molecule has 0 aromatic heterocycles. The number of carbonyl (C=O) groups is 4. The Morgan fingerprint density at radius 3 is 2.37 bits per heavy atom. The summed E-state index contributed by atoms with van der Waals surface area (Å²) < 4.78 is 4.60. The van der Waals surface area contributed by atoms with Crippen molar-refractivity contribution in [3.05, 3.63) is 65.7 Å². The van der Waals surface area contributed by atoms with Crippen molar-refractivity contribution in [1.82, 2.24) is 10.2 Å². The predicted octanol–water partition coefficient (Wildman–Crippen LogP) is 1.70. The number of benzene rings is 2. The number of anilines is 1. The van der Waals surface area contributed by atoms with Crippen molar-refractivity contribution in [2.24, 2.45) is 0 Å². The molecule has 0 spiro atoms. The fourth-order valence-corrected chi connectivity index (χ4v) is 2.69. The number of nitrogens with zero attached hydrogens (tertiary/aromatic N) is 1. The Morgan fingerprint density at radius 1 is 1.07 bits per heavy atom. The maximum absolute atomic E-state index is 12.5. The number of urea groups is 1. The summed E-state index contributed by atoms with van der Waals surface area (Å²) in [5.41, 5.74) is 1.42. The average molecular weight is 367 g/mol. The summed E-state index contributed by atoms with van der Waals surface area (Å²) in [6.45, 7) is -0.410. The van der Waals surface area contributed by atoms with Crippen molar-refractivity contribution in [1.29, 1.82) is 0 Å². The first kappa shape index (κ1) is 18.1. The molecular formula is C19H17N3O5. The first-order valence-electron chi connectivity index (χ1n) is 8.14. The zero-order valence-electron chi connectivity index (χ0n) is 14.5. The van der Waals surface area contributed by atoms with E-state index in [1.54, 1.807) is 30.3 Å². The van der Waals surface area contributed by atoms with Gasteiger partial charge in [0, 0.05) is 5.69 Å². The fourth-order valence-electron chi connectivity index (χ4n) is 2.69. The monoisotopic (exact) mass is 367 g/mol. The molecule has 1 saturated heterocycles. The van der Waals surface area contributed by atoms with Crippen molar-refractivity contribution in [2.75, 3.05) is 19.0 Å². The van der Waals surface area contributed by atoms with Gasteiger partial charge in [-0.3, -0.25) is 14.5 Å². The van der Waals surface area contributed by atoms with Crippen LogP contribution < -0.4 is 10.6 Å². The van der Waals surface area contributed by atoms with E-state index in [4.69, 9.17) is 0 Å². The van der Waals surface area contributed by atoms with Crippen LogP contribution in [0.15, 0.2) is 54.6 Å². The summed E-state index contributed by atoms with van der Waals surface area (Å²) in [5.74, 6) is -1.50. The van der Waals surface area contributed by atoms with E-state index < -0.39 is 36.4 Å². The molecule has 1 aliphatic rings. The summed E-state index contributed by atoms with van der Waals surface area (Å²) >= 11 is 0. The first-order valence-corrected chi connectivity index (χ1v) is 8.14. The van der Waals surface area contributed by atoms with Crippen molar-refractivity contribution in [2.45, 2.75) is 6.04 Å². The Balaban J connectivity index is 1.63. The highest BCUT2D eigenvalue weighted by molar-refractivity contribution is 6.08. The molecule has 1 heterocycles. The molecule has 0 bridgehead atoms. The molecule has 1 fully saturated rings. The summed E-state index contributed by atoms with van der Waals surface area (Å²) in [6, 6.07) is 13.4. The third kappa shape index (κ3) is 3.95. The number of amides is 4. The molecule has 8 nitrogen and oxygen atoms in total. The zero-order valence-corrected chi connectivity index (χ0v) is 14.5. The molecular weight excluding hydrogens is 350 g/mol. The van der Waals surface area contributed by atoms with Crippen molar-refractivity contribution >= 4 is 29.5 Å². The van der Waals surface area contributed by atoms with Gasteiger partial charge in [-0.05, 0) is 29.8 Å². The van der Waals surface area contributed by atoms with E-state index in [2.05, 4.69) is 15.4 Å². The average Bonchev–Trinajstić information content (AvgIpc) is 2.97. The van der Waals surface area contributed by atoms with E-state index in [-0.39, 0.29) is 0 Å². The van der Waals surface area contributed by atoms with E-state index in [0.717, 1.165) is 4.90 Å². The molecule has 1 aliphatic heterocycles. The lowest BCUT2D eigenvalue weighted by molar-refractivity contribution is -0.130. The van der Waals surface area contributed by atoms with Crippen molar-refractivity contribution in [3.8, 4) is 0 Å². The quantitative estimate of drug-likeness (QED) is 0.618. The number of rotatable bonds is 5. The van der Waals surface area contributed by atoms with Gasteiger partial charge < -0.3 is 15.4 Å². The SMILES string of the molecule is COC(=O)c1ccc(NC(=O)CN2C(=O)NC(c3ccccc3)C2=O)cc1. The van der Waals surface area contributed by atoms with Gasteiger partial charge in [0.15, 0.2) is 0 Å². The second kappa shape index (κ2) is 7.69. The van der Waals surface area contributed by atoms with Crippen LogP contribution in [-0.2, 0) is 14.3 Å². The molecule has 27 heavy (non-hydrogen) atoms. The minimum Gasteiger partial charge on any atom is -0.465 e. The van der Waals surface area contributed by atoms with Crippen LogP contribution in [0, 0.1) is 0 Å². The third-order valence-corrected chi connectivity index (χ3v) is 4.05. The topological polar surface area (TPSA) is 105 Å². The van der Waals surface area contributed by atoms with Crippen LogP contribution in [-0.4, -0.2) is 42.4 Å². The number of imide groups is 1. The molecule has 138 valence electrons. The van der Waals surface area contributed by atoms with Gasteiger partial charge in [-0.2, -0.15) is 0 Å². The lowest BCUT2D eigenvalue weighted by atomic mass is 10.1. The molecule has 8 heteroatoms. The third-order valence-electron chi connectivity index (χ3n) is 4.05. The summed E-state index contributed by atoms with van der Waals surface area (Å²) in [7, 11) is 1.28. The Kier molecular flexibility index (Phi) is 5.16. The van der Waals surface area contributed by atoms with E-state index in [1.807, 2.05) is 0 Å². The Morgan fingerprint density at radius 2 is 1.74 bits per heavy atom. The Labute approximate surface area is 155 Å². The number of nitrogens with one attached hydrogen (secondary N) is 2. The standard InChI is InChI=1S/C19H17N3O5/c1-27-18(25)13-7-9-14(10-8-13)20-15(23)11-22-17(24)16(21-19(22)26)12-5-3-2-4-6-12/h2-10,16H,11H2,1H3,(H,20,23)(H,21,26). The van der Waals surface area contributed by atoms with Gasteiger partial charge in [-0.1, -0.05) is 30.3 Å². The van der Waals surface area contributed by atoms with Gasteiger partial charge in [0.1, 0.15) is 12.6 Å². The second-order valence-electron chi connectivity index (χ2n) is 5.83. The number of hydrogen-bond acceptors (Lipinski definition) is 5. The summed E-state index contributed by atoms with van der Waals surface area (Å²) in [6.07, 6.45) is 0. The van der Waals surface area contributed by atoms with Crippen LogP contribution >= 0.6 is 0 Å². The number of ether oxygens (including phenoxy) is 1.